The van der Waals surface area contributed by atoms with Gasteiger partial charge in [-0.1, -0.05) is 0 Å². The molecule has 2 fully saturated rings. The lowest BCUT2D eigenvalue weighted by molar-refractivity contribution is 0.0849. The summed E-state index contributed by atoms with van der Waals surface area (Å²) >= 11 is 0. The maximum atomic E-state index is 12.0. The number of aryl methyl sites for hydroxylation is 1. The molecule has 6 heteroatoms. The first kappa shape index (κ1) is 14.6. The minimum atomic E-state index is 0.0303. The van der Waals surface area contributed by atoms with Crippen molar-refractivity contribution in [1.82, 2.24) is 24.5 Å². The fraction of sp³-hybridized carbons (Fsp3) is 0.588. The van der Waals surface area contributed by atoms with Crippen LogP contribution in [0.1, 0.15) is 30.1 Å². The highest BCUT2D eigenvalue weighted by Crippen LogP contribution is 2.38. The molecule has 0 amide bonds. The lowest BCUT2D eigenvalue weighted by atomic mass is 10.00. The van der Waals surface area contributed by atoms with Crippen LogP contribution in [-0.2, 0) is 20.0 Å². The fourth-order valence-electron chi connectivity index (χ4n) is 3.33. The van der Waals surface area contributed by atoms with Crippen LogP contribution in [-0.4, -0.2) is 44.1 Å². The molecular formula is C17H23N5O. The van der Waals surface area contributed by atoms with Crippen molar-refractivity contribution < 1.29 is 0 Å². The molecule has 0 spiro atoms. The summed E-state index contributed by atoms with van der Waals surface area (Å²) in [5, 5.41) is 8.75. The molecule has 1 aliphatic heterocycles. The number of nitrogens with zero attached hydrogens (tertiary/aromatic N) is 5. The van der Waals surface area contributed by atoms with Crippen molar-refractivity contribution in [3.63, 3.8) is 0 Å². The molecule has 23 heavy (non-hydrogen) atoms. The maximum absolute atomic E-state index is 12.0. The zero-order valence-electron chi connectivity index (χ0n) is 13.6. The van der Waals surface area contributed by atoms with Crippen LogP contribution in [0.4, 0.5) is 0 Å². The molecule has 0 unspecified atom stereocenters. The molecule has 122 valence electrons. The predicted molar refractivity (Wildman–Crippen MR) is 87.3 cm³/mol. The minimum absolute atomic E-state index is 0.0303. The first-order chi connectivity index (χ1) is 11.2. The lowest BCUT2D eigenvalue weighted by Crippen LogP contribution is -2.50. The molecular weight excluding hydrogens is 290 g/mol. The van der Waals surface area contributed by atoms with Crippen LogP contribution >= 0.6 is 0 Å². The molecule has 0 aromatic carbocycles. The number of hydrogen-bond donors (Lipinski definition) is 0. The largest absolute Gasteiger partial charge is 0.302 e. The highest BCUT2D eigenvalue weighted by molar-refractivity contribution is 5.12. The molecule has 0 N–H and O–H groups in total. The predicted octanol–water partition coefficient (Wildman–Crippen LogP) is 1.03. The van der Waals surface area contributed by atoms with Gasteiger partial charge in [0.25, 0.3) is 5.56 Å². The summed E-state index contributed by atoms with van der Waals surface area (Å²) < 4.78 is 3.61. The molecule has 0 radical (unpaired) electrons. The van der Waals surface area contributed by atoms with E-state index < -0.39 is 0 Å². The zero-order chi connectivity index (χ0) is 15.8. The van der Waals surface area contributed by atoms with Crippen molar-refractivity contribution >= 4 is 0 Å². The van der Waals surface area contributed by atoms with Gasteiger partial charge >= 0.3 is 0 Å². The van der Waals surface area contributed by atoms with Gasteiger partial charge in [0.1, 0.15) is 0 Å². The van der Waals surface area contributed by atoms with Crippen LogP contribution in [0.5, 0.6) is 0 Å². The Balaban J connectivity index is 1.28. The Morgan fingerprint density at radius 3 is 2.74 bits per heavy atom. The van der Waals surface area contributed by atoms with Crippen molar-refractivity contribution in [3.8, 4) is 0 Å². The van der Waals surface area contributed by atoms with Crippen molar-refractivity contribution in [2.75, 3.05) is 19.6 Å². The van der Waals surface area contributed by atoms with E-state index in [0.717, 1.165) is 38.3 Å². The summed E-state index contributed by atoms with van der Waals surface area (Å²) in [6.07, 6.45) is 5.31. The molecule has 2 aliphatic rings. The van der Waals surface area contributed by atoms with E-state index in [0.29, 0.717) is 11.8 Å². The van der Waals surface area contributed by atoms with Gasteiger partial charge in [-0.15, -0.1) is 0 Å². The Kier molecular flexibility index (Phi) is 3.77. The third kappa shape index (κ3) is 3.22. The average molecular weight is 313 g/mol. The Bertz CT molecular complexity index is 739. The van der Waals surface area contributed by atoms with Crippen molar-refractivity contribution in [3.05, 3.63) is 46.1 Å². The molecule has 1 saturated carbocycles. The van der Waals surface area contributed by atoms with E-state index in [1.54, 1.807) is 10.7 Å². The third-order valence-electron chi connectivity index (χ3n) is 4.95. The number of rotatable bonds is 6. The van der Waals surface area contributed by atoms with E-state index in [9.17, 15) is 4.79 Å². The van der Waals surface area contributed by atoms with Gasteiger partial charge in [-0.25, -0.2) is 4.68 Å². The van der Waals surface area contributed by atoms with Crippen LogP contribution in [0, 0.1) is 5.92 Å². The van der Waals surface area contributed by atoms with Crippen molar-refractivity contribution in [2.24, 2.45) is 13.0 Å². The highest BCUT2D eigenvalue weighted by atomic mass is 16.1. The first-order valence-electron chi connectivity index (χ1n) is 8.46. The van der Waals surface area contributed by atoms with E-state index in [1.807, 2.05) is 24.0 Å². The van der Waals surface area contributed by atoms with Gasteiger partial charge < -0.3 is 4.90 Å². The molecule has 0 bridgehead atoms. The van der Waals surface area contributed by atoms with Crippen LogP contribution < -0.4 is 5.56 Å². The molecule has 2 aromatic heterocycles. The van der Waals surface area contributed by atoms with Crippen LogP contribution in [0.25, 0.3) is 0 Å². The normalized spacial score (nSPS) is 19.0. The summed E-state index contributed by atoms with van der Waals surface area (Å²) in [4.78, 5) is 14.4. The van der Waals surface area contributed by atoms with E-state index >= 15 is 0 Å². The summed E-state index contributed by atoms with van der Waals surface area (Å²) in [7, 11) is 1.99. The van der Waals surface area contributed by atoms with Crippen molar-refractivity contribution in [2.45, 2.75) is 31.7 Å². The van der Waals surface area contributed by atoms with Gasteiger partial charge in [0.05, 0.1) is 12.2 Å². The second-order valence-electron chi connectivity index (χ2n) is 6.87. The van der Waals surface area contributed by atoms with Gasteiger partial charge in [0.15, 0.2) is 0 Å². The van der Waals surface area contributed by atoms with E-state index in [-0.39, 0.29) is 5.56 Å². The Hall–Kier alpha value is -1.95. The first-order valence-corrected chi connectivity index (χ1v) is 8.46. The average Bonchev–Trinajstić information content (AvgIpc) is 3.27. The number of aromatic nitrogens is 4. The number of hydrogen-bond acceptors (Lipinski definition) is 4. The van der Waals surface area contributed by atoms with Crippen LogP contribution in [0.3, 0.4) is 0 Å². The minimum Gasteiger partial charge on any atom is -0.302 e. The number of likely N-dealkylation sites (tertiary alicyclic amines) is 1. The lowest BCUT2D eigenvalue weighted by Gasteiger charge is -2.39. The Morgan fingerprint density at radius 1 is 1.22 bits per heavy atom. The quantitative estimate of drug-likeness (QED) is 0.799. The van der Waals surface area contributed by atoms with Gasteiger partial charge in [-0.3, -0.25) is 9.48 Å². The summed E-state index contributed by atoms with van der Waals surface area (Å²) in [5.41, 5.74) is 2.39. The Morgan fingerprint density at radius 2 is 2.04 bits per heavy atom. The van der Waals surface area contributed by atoms with Gasteiger partial charge in [-0.2, -0.15) is 10.2 Å². The van der Waals surface area contributed by atoms with Gasteiger partial charge in [0.2, 0.25) is 0 Å². The smallest absolute Gasteiger partial charge is 0.266 e. The molecule has 1 saturated heterocycles. The molecule has 0 atom stereocenters. The topological polar surface area (TPSA) is 56.0 Å². The summed E-state index contributed by atoms with van der Waals surface area (Å²) in [5.74, 6) is 1.14. The fourth-order valence-corrected chi connectivity index (χ4v) is 3.33. The van der Waals surface area contributed by atoms with Crippen molar-refractivity contribution in [1.29, 1.82) is 0 Å². The second kappa shape index (κ2) is 5.92. The van der Waals surface area contributed by atoms with E-state index in [4.69, 9.17) is 0 Å². The van der Waals surface area contributed by atoms with E-state index in [2.05, 4.69) is 21.2 Å². The summed E-state index contributed by atoms with van der Waals surface area (Å²) in [6, 6.07) is 5.65. The van der Waals surface area contributed by atoms with Crippen LogP contribution in [0.2, 0.25) is 0 Å². The summed E-state index contributed by atoms with van der Waals surface area (Å²) in [6.45, 7) is 3.92. The Labute approximate surface area is 135 Å². The van der Waals surface area contributed by atoms with E-state index in [1.165, 1.54) is 18.5 Å². The molecule has 2 aromatic rings. The monoisotopic (exact) mass is 313 g/mol. The second-order valence-corrected chi connectivity index (χ2v) is 6.87. The van der Waals surface area contributed by atoms with Gasteiger partial charge in [-0.05, 0) is 25.0 Å². The molecule has 4 rings (SSSR count). The molecule has 3 heterocycles. The van der Waals surface area contributed by atoms with Gasteiger partial charge in [0, 0.05) is 62.9 Å². The van der Waals surface area contributed by atoms with Crippen LogP contribution in [0.15, 0.2) is 29.2 Å². The molecule has 1 aliphatic carbocycles. The zero-order valence-corrected chi connectivity index (χ0v) is 13.6. The molecule has 6 nitrogen and oxygen atoms in total. The maximum Gasteiger partial charge on any atom is 0.266 e. The SMILES string of the molecule is Cn1nccc1CCN1CC(Cn2nc(C3CC3)ccc2=O)C1. The highest BCUT2D eigenvalue weighted by Gasteiger charge is 2.29. The standard InChI is InChI=1S/C17H23N5O/c1-20-15(6-8-18-20)7-9-21-10-13(11-21)12-22-17(23)5-4-16(19-22)14-2-3-14/h4-6,8,13-14H,2-3,7,9-12H2,1H3. The third-order valence-corrected chi connectivity index (χ3v) is 4.95.